The number of hydrogen-bond acceptors (Lipinski definition) is 4. The average Bonchev–Trinajstić information content (AvgIpc) is 2.93. The molecule has 0 unspecified atom stereocenters. The summed E-state index contributed by atoms with van der Waals surface area (Å²) in [4.78, 5) is 13.7. The number of pyridine rings is 1. The fourth-order valence-corrected chi connectivity index (χ4v) is 3.19. The van der Waals surface area contributed by atoms with Crippen LogP contribution in [0.3, 0.4) is 0 Å². The van der Waals surface area contributed by atoms with Gasteiger partial charge in [0.15, 0.2) is 5.65 Å². The summed E-state index contributed by atoms with van der Waals surface area (Å²) >= 11 is 5.88. The first-order valence-electron chi connectivity index (χ1n) is 7.65. The van der Waals surface area contributed by atoms with Crippen LogP contribution in [0, 0.1) is 19.7 Å². The van der Waals surface area contributed by atoms with Crippen LogP contribution in [0.1, 0.15) is 11.4 Å². The number of benzene rings is 1. The number of ether oxygens (including phenoxy) is 1. The zero-order valence-electron chi connectivity index (χ0n) is 13.8. The van der Waals surface area contributed by atoms with Crippen molar-refractivity contribution in [2.75, 3.05) is 7.11 Å². The molecule has 0 radical (unpaired) electrons. The molecule has 0 spiro atoms. The predicted octanol–water partition coefficient (Wildman–Crippen LogP) is 4.36. The Morgan fingerprint density at radius 3 is 2.52 bits per heavy atom. The molecule has 4 aromatic rings. The monoisotopic (exact) mass is 356 g/mol. The molecule has 3 heterocycles. The summed E-state index contributed by atoms with van der Waals surface area (Å²) in [5.74, 6) is 0.469. The lowest BCUT2D eigenvalue weighted by atomic mass is 10.2. The Morgan fingerprint density at radius 2 is 1.80 bits per heavy atom. The summed E-state index contributed by atoms with van der Waals surface area (Å²) in [5.41, 5.74) is 3.94. The molecule has 0 saturated carbocycles. The maximum atomic E-state index is 14.5. The van der Waals surface area contributed by atoms with Crippen molar-refractivity contribution in [2.24, 2.45) is 0 Å². The zero-order chi connectivity index (χ0) is 17.7. The predicted molar refractivity (Wildman–Crippen MR) is 94.7 cm³/mol. The van der Waals surface area contributed by atoms with Gasteiger partial charge in [-0.1, -0.05) is 11.6 Å². The standard InChI is InChI=1S/C18H14ClFN4O/c1-9-16-10(2)22-17(12-5-4-11(19)8-13(12)20)24(16)18-14(21-9)6-7-15(23-18)25-3/h4-8H,1-3H3. The molecule has 7 heteroatoms. The van der Waals surface area contributed by atoms with Crippen molar-refractivity contribution in [1.82, 2.24) is 19.4 Å². The minimum atomic E-state index is -0.440. The Labute approximate surface area is 148 Å². The van der Waals surface area contributed by atoms with Gasteiger partial charge in [0, 0.05) is 11.1 Å². The minimum Gasteiger partial charge on any atom is -0.481 e. The average molecular weight is 357 g/mol. The van der Waals surface area contributed by atoms with Crippen LogP contribution in [0.2, 0.25) is 5.02 Å². The molecule has 0 fully saturated rings. The molecule has 126 valence electrons. The van der Waals surface area contributed by atoms with E-state index in [9.17, 15) is 4.39 Å². The number of nitrogens with zero attached hydrogens (tertiary/aromatic N) is 4. The van der Waals surface area contributed by atoms with Crippen molar-refractivity contribution < 1.29 is 9.13 Å². The first-order chi connectivity index (χ1) is 12.0. The van der Waals surface area contributed by atoms with Gasteiger partial charge in [0.1, 0.15) is 17.2 Å². The van der Waals surface area contributed by atoms with Crippen molar-refractivity contribution >= 4 is 28.3 Å². The van der Waals surface area contributed by atoms with Crippen molar-refractivity contribution in [3.8, 4) is 17.3 Å². The second-order valence-electron chi connectivity index (χ2n) is 5.72. The smallest absolute Gasteiger partial charge is 0.215 e. The van der Waals surface area contributed by atoms with Crippen LogP contribution in [0.25, 0.3) is 28.1 Å². The van der Waals surface area contributed by atoms with Crippen LogP contribution in [0.4, 0.5) is 4.39 Å². The van der Waals surface area contributed by atoms with Crippen molar-refractivity contribution in [3.05, 3.63) is 52.6 Å². The third-order valence-corrected chi connectivity index (χ3v) is 4.34. The Bertz CT molecular complexity index is 1140. The van der Waals surface area contributed by atoms with Gasteiger partial charge < -0.3 is 4.74 Å². The van der Waals surface area contributed by atoms with Gasteiger partial charge in [-0.3, -0.25) is 4.40 Å². The molecule has 0 saturated heterocycles. The molecule has 0 bridgehead atoms. The number of aromatic nitrogens is 4. The molecule has 0 N–H and O–H groups in total. The molecule has 25 heavy (non-hydrogen) atoms. The van der Waals surface area contributed by atoms with Crippen molar-refractivity contribution in [2.45, 2.75) is 13.8 Å². The number of methoxy groups -OCH3 is 1. The van der Waals surface area contributed by atoms with Gasteiger partial charge in [0.05, 0.1) is 29.6 Å². The Kier molecular flexibility index (Phi) is 3.58. The zero-order valence-corrected chi connectivity index (χ0v) is 14.6. The highest BCUT2D eigenvalue weighted by Gasteiger charge is 2.19. The molecule has 4 rings (SSSR count). The largest absolute Gasteiger partial charge is 0.481 e. The van der Waals surface area contributed by atoms with E-state index in [0.29, 0.717) is 33.5 Å². The van der Waals surface area contributed by atoms with E-state index in [1.54, 1.807) is 25.3 Å². The van der Waals surface area contributed by atoms with E-state index in [1.165, 1.54) is 6.07 Å². The highest BCUT2D eigenvalue weighted by atomic mass is 35.5. The molecule has 3 aromatic heterocycles. The van der Waals surface area contributed by atoms with Crippen LogP contribution >= 0.6 is 11.6 Å². The minimum absolute atomic E-state index is 0.335. The maximum absolute atomic E-state index is 14.5. The summed E-state index contributed by atoms with van der Waals surface area (Å²) < 4.78 is 21.6. The van der Waals surface area contributed by atoms with Crippen LogP contribution in [-0.4, -0.2) is 26.5 Å². The van der Waals surface area contributed by atoms with Gasteiger partial charge in [0.25, 0.3) is 0 Å². The normalized spacial score (nSPS) is 11.4. The van der Waals surface area contributed by atoms with E-state index in [1.807, 2.05) is 24.3 Å². The molecule has 0 atom stereocenters. The van der Waals surface area contributed by atoms with Crippen LogP contribution in [-0.2, 0) is 0 Å². The molecule has 0 aliphatic carbocycles. The molecule has 0 aliphatic rings. The second-order valence-corrected chi connectivity index (χ2v) is 6.16. The van der Waals surface area contributed by atoms with Crippen LogP contribution in [0.15, 0.2) is 30.3 Å². The summed E-state index contributed by atoms with van der Waals surface area (Å²) in [6.07, 6.45) is 0. The number of halogens is 2. The lowest BCUT2D eigenvalue weighted by Gasteiger charge is -2.09. The molecule has 0 aliphatic heterocycles. The number of imidazole rings is 1. The Balaban J connectivity index is 2.18. The topological polar surface area (TPSA) is 52.3 Å². The molecule has 5 nitrogen and oxygen atoms in total. The Morgan fingerprint density at radius 1 is 1.04 bits per heavy atom. The number of rotatable bonds is 2. The van der Waals surface area contributed by atoms with Crippen molar-refractivity contribution in [1.29, 1.82) is 0 Å². The van der Waals surface area contributed by atoms with Gasteiger partial charge in [-0.15, -0.1) is 0 Å². The van der Waals surface area contributed by atoms with Gasteiger partial charge >= 0.3 is 0 Å². The Hall–Kier alpha value is -2.73. The van der Waals surface area contributed by atoms with Crippen LogP contribution < -0.4 is 4.74 Å². The lowest BCUT2D eigenvalue weighted by Crippen LogP contribution is -2.01. The van der Waals surface area contributed by atoms with Crippen LogP contribution in [0.5, 0.6) is 5.88 Å². The quantitative estimate of drug-likeness (QED) is 0.535. The number of hydrogen-bond donors (Lipinski definition) is 0. The summed E-state index contributed by atoms with van der Waals surface area (Å²) in [7, 11) is 1.55. The van der Waals surface area contributed by atoms with Gasteiger partial charge in [-0.2, -0.15) is 4.98 Å². The number of aryl methyl sites for hydroxylation is 2. The third-order valence-electron chi connectivity index (χ3n) is 4.10. The van der Waals surface area contributed by atoms with E-state index in [4.69, 9.17) is 16.3 Å². The second kappa shape index (κ2) is 5.67. The summed E-state index contributed by atoms with van der Waals surface area (Å²) in [6.45, 7) is 3.77. The third kappa shape index (κ3) is 2.41. The van der Waals surface area contributed by atoms with Crippen molar-refractivity contribution in [3.63, 3.8) is 0 Å². The van der Waals surface area contributed by atoms with E-state index in [0.717, 1.165) is 16.9 Å². The highest BCUT2D eigenvalue weighted by Crippen LogP contribution is 2.30. The van der Waals surface area contributed by atoms with E-state index < -0.39 is 5.82 Å². The van der Waals surface area contributed by atoms with Gasteiger partial charge in [-0.05, 0) is 38.1 Å². The lowest BCUT2D eigenvalue weighted by molar-refractivity contribution is 0.399. The first kappa shape index (κ1) is 15.8. The first-order valence-corrected chi connectivity index (χ1v) is 8.03. The van der Waals surface area contributed by atoms with Gasteiger partial charge in [0.2, 0.25) is 5.88 Å². The van der Waals surface area contributed by atoms with Gasteiger partial charge in [-0.25, -0.2) is 14.4 Å². The molecular weight excluding hydrogens is 343 g/mol. The molecule has 1 aromatic carbocycles. The van der Waals surface area contributed by atoms with E-state index in [-0.39, 0.29) is 0 Å². The van der Waals surface area contributed by atoms with E-state index >= 15 is 0 Å². The SMILES string of the molecule is COc1ccc2nc(C)c3c(C)nc(-c4ccc(Cl)cc4F)n3c2n1. The molecular formula is C18H14ClFN4O. The van der Waals surface area contributed by atoms with E-state index in [2.05, 4.69) is 15.0 Å². The number of fused-ring (bicyclic) bond motifs is 3. The summed E-state index contributed by atoms with van der Waals surface area (Å²) in [5, 5.41) is 0.335. The highest BCUT2D eigenvalue weighted by molar-refractivity contribution is 6.30. The summed E-state index contributed by atoms with van der Waals surface area (Å²) in [6, 6.07) is 8.10. The fraction of sp³-hybridized carbons (Fsp3) is 0.167. The molecule has 0 amide bonds. The maximum Gasteiger partial charge on any atom is 0.215 e. The fourth-order valence-electron chi connectivity index (χ4n) is 3.03.